The molecule has 0 saturated carbocycles. The van der Waals surface area contributed by atoms with E-state index in [4.69, 9.17) is 11.6 Å². The smallest absolute Gasteiger partial charge is 0.314 e. The highest BCUT2D eigenvalue weighted by Crippen LogP contribution is 2.40. The maximum absolute atomic E-state index is 12.5. The standard InChI is InChI=1S/C32H42ClN3O2/c1-3-34-30(37)35-24-31(26-8-5-4-6-9-26,27-12-10-25(2)11-13-27)18-7-21-36-22-19-32(38,20-23-36)28-14-16-29(33)17-15-28/h4-6,8-10,12-17,25,38H,3,7,11,18-24H2,1-2H3,(H2,34,35,37). The number of aliphatic hydroxyl groups is 1. The van der Waals surface area contributed by atoms with E-state index in [2.05, 4.69) is 65.0 Å². The van der Waals surface area contributed by atoms with Gasteiger partial charge in [-0.25, -0.2) is 4.79 Å². The van der Waals surface area contributed by atoms with Crippen LogP contribution >= 0.6 is 11.6 Å². The molecule has 2 atom stereocenters. The van der Waals surface area contributed by atoms with E-state index in [0.717, 1.165) is 44.5 Å². The second-order valence-corrected chi connectivity index (χ2v) is 11.3. The first kappa shape index (κ1) is 28.4. The van der Waals surface area contributed by atoms with Gasteiger partial charge in [-0.2, -0.15) is 0 Å². The number of carbonyl (C=O) groups is 1. The van der Waals surface area contributed by atoms with Crippen LogP contribution in [-0.4, -0.2) is 48.8 Å². The summed E-state index contributed by atoms with van der Waals surface area (Å²) >= 11 is 6.05. The third-order valence-electron chi connectivity index (χ3n) is 8.22. The molecule has 38 heavy (non-hydrogen) atoms. The Bertz CT molecular complexity index is 1110. The second-order valence-electron chi connectivity index (χ2n) is 10.9. The monoisotopic (exact) mass is 535 g/mol. The lowest BCUT2D eigenvalue weighted by Crippen LogP contribution is -2.46. The second kappa shape index (κ2) is 13.0. The van der Waals surface area contributed by atoms with Crippen LogP contribution in [-0.2, 0) is 11.0 Å². The number of hydrogen-bond acceptors (Lipinski definition) is 3. The van der Waals surface area contributed by atoms with E-state index in [0.29, 0.717) is 36.9 Å². The third kappa shape index (κ3) is 6.88. The van der Waals surface area contributed by atoms with Crippen molar-refractivity contribution in [3.8, 4) is 0 Å². The normalized spacial score (nSPS) is 20.8. The first-order valence-corrected chi connectivity index (χ1v) is 14.4. The van der Waals surface area contributed by atoms with Gasteiger partial charge in [-0.1, -0.05) is 79.2 Å². The van der Waals surface area contributed by atoms with E-state index in [9.17, 15) is 9.90 Å². The Kier molecular flexibility index (Phi) is 9.69. The van der Waals surface area contributed by atoms with E-state index in [-0.39, 0.29) is 11.4 Å². The molecule has 1 aliphatic carbocycles. The average Bonchev–Trinajstić information content (AvgIpc) is 2.93. The molecule has 6 heteroatoms. The molecule has 2 aromatic carbocycles. The summed E-state index contributed by atoms with van der Waals surface area (Å²) in [6, 6.07) is 18.1. The number of rotatable bonds is 10. The number of hydrogen-bond donors (Lipinski definition) is 3. The van der Waals surface area contributed by atoms with E-state index >= 15 is 0 Å². The summed E-state index contributed by atoms with van der Waals surface area (Å²) < 4.78 is 0. The molecule has 1 fully saturated rings. The molecule has 2 unspecified atom stereocenters. The lowest BCUT2D eigenvalue weighted by Gasteiger charge is -2.40. The number of benzene rings is 2. The highest BCUT2D eigenvalue weighted by Gasteiger charge is 2.37. The summed E-state index contributed by atoms with van der Waals surface area (Å²) in [5.41, 5.74) is 2.38. The molecule has 2 amide bonds. The molecule has 5 nitrogen and oxygen atoms in total. The fraction of sp³-hybridized carbons (Fsp3) is 0.469. The minimum Gasteiger partial charge on any atom is -0.385 e. The molecule has 0 bridgehead atoms. The zero-order valence-corrected chi connectivity index (χ0v) is 23.5. The van der Waals surface area contributed by atoms with Crippen molar-refractivity contribution in [3.63, 3.8) is 0 Å². The molecular formula is C32H42ClN3O2. The van der Waals surface area contributed by atoms with Crippen LogP contribution < -0.4 is 10.6 Å². The number of nitrogens with one attached hydrogen (secondary N) is 2. The summed E-state index contributed by atoms with van der Waals surface area (Å²) in [7, 11) is 0. The molecule has 1 heterocycles. The highest BCUT2D eigenvalue weighted by atomic mass is 35.5. The van der Waals surface area contributed by atoms with Gasteiger partial charge in [0.15, 0.2) is 0 Å². The third-order valence-corrected chi connectivity index (χ3v) is 8.48. The topological polar surface area (TPSA) is 64.6 Å². The van der Waals surface area contributed by atoms with Gasteiger partial charge < -0.3 is 20.6 Å². The fourth-order valence-electron chi connectivity index (χ4n) is 5.84. The number of carbonyl (C=O) groups excluding carboxylic acids is 1. The molecule has 2 aromatic rings. The van der Waals surface area contributed by atoms with E-state index in [1.54, 1.807) is 0 Å². The van der Waals surface area contributed by atoms with Gasteiger partial charge in [-0.15, -0.1) is 0 Å². The SMILES string of the molecule is CCNC(=O)NCC(CCCN1CCC(O)(c2ccc(Cl)cc2)CC1)(C1=CCC(C)C=C1)c1ccccc1. The average molecular weight is 536 g/mol. The summed E-state index contributed by atoms with van der Waals surface area (Å²) in [6.45, 7) is 7.99. The Morgan fingerprint density at radius 3 is 2.45 bits per heavy atom. The van der Waals surface area contributed by atoms with Crippen LogP contribution in [0, 0.1) is 5.92 Å². The largest absolute Gasteiger partial charge is 0.385 e. The molecule has 0 spiro atoms. The molecule has 204 valence electrons. The number of allylic oxidation sites excluding steroid dienone is 3. The Balaban J connectivity index is 1.47. The minimum atomic E-state index is -0.792. The molecule has 4 rings (SSSR count). The van der Waals surface area contributed by atoms with Crippen molar-refractivity contribution in [1.82, 2.24) is 15.5 Å². The van der Waals surface area contributed by atoms with Gasteiger partial charge in [-0.3, -0.25) is 0 Å². The van der Waals surface area contributed by atoms with Crippen molar-refractivity contribution in [2.45, 2.75) is 57.0 Å². The van der Waals surface area contributed by atoms with Crippen molar-refractivity contribution in [2.24, 2.45) is 5.92 Å². The molecule has 0 aromatic heterocycles. The van der Waals surface area contributed by atoms with E-state index in [1.165, 1.54) is 11.1 Å². The van der Waals surface area contributed by atoms with Gasteiger partial charge in [0.05, 0.1) is 5.60 Å². The number of piperidine rings is 1. The van der Waals surface area contributed by atoms with Gasteiger partial charge in [0.2, 0.25) is 0 Å². The molecule has 1 aliphatic heterocycles. The predicted octanol–water partition coefficient (Wildman–Crippen LogP) is 6.18. The zero-order valence-electron chi connectivity index (χ0n) is 22.8. The maximum Gasteiger partial charge on any atom is 0.314 e. The van der Waals surface area contributed by atoms with Crippen LogP contribution in [0.2, 0.25) is 5.02 Å². The predicted molar refractivity (Wildman–Crippen MR) is 156 cm³/mol. The summed E-state index contributed by atoms with van der Waals surface area (Å²) in [5.74, 6) is 0.524. The van der Waals surface area contributed by atoms with Crippen molar-refractivity contribution in [2.75, 3.05) is 32.7 Å². The van der Waals surface area contributed by atoms with Gasteiger partial charge in [0, 0.05) is 36.6 Å². The van der Waals surface area contributed by atoms with Crippen molar-refractivity contribution in [1.29, 1.82) is 0 Å². The Hall–Kier alpha value is -2.60. The van der Waals surface area contributed by atoms with Crippen LogP contribution in [0.25, 0.3) is 0 Å². The Morgan fingerprint density at radius 2 is 1.82 bits per heavy atom. The lowest BCUT2D eigenvalue weighted by molar-refractivity contribution is -0.0262. The first-order chi connectivity index (χ1) is 18.3. The van der Waals surface area contributed by atoms with Crippen molar-refractivity contribution >= 4 is 17.6 Å². The summed E-state index contributed by atoms with van der Waals surface area (Å²) in [4.78, 5) is 14.9. The molecule has 3 N–H and O–H groups in total. The maximum atomic E-state index is 12.5. The summed E-state index contributed by atoms with van der Waals surface area (Å²) in [6.07, 6.45) is 11.3. The molecule has 0 radical (unpaired) electrons. The number of nitrogens with zero attached hydrogens (tertiary/aromatic N) is 1. The minimum absolute atomic E-state index is 0.126. The quantitative estimate of drug-likeness (QED) is 0.340. The van der Waals surface area contributed by atoms with Crippen LogP contribution in [0.1, 0.15) is 57.1 Å². The van der Waals surface area contributed by atoms with Crippen molar-refractivity contribution in [3.05, 3.63) is 94.5 Å². The van der Waals surface area contributed by atoms with Crippen LogP contribution in [0.3, 0.4) is 0 Å². The Morgan fingerprint density at radius 1 is 1.11 bits per heavy atom. The van der Waals surface area contributed by atoms with E-state index < -0.39 is 5.60 Å². The first-order valence-electron chi connectivity index (χ1n) is 14.0. The molecular weight excluding hydrogens is 494 g/mol. The Labute approximate surface area is 233 Å². The van der Waals surface area contributed by atoms with Crippen LogP contribution in [0.5, 0.6) is 0 Å². The number of halogens is 1. The highest BCUT2D eigenvalue weighted by molar-refractivity contribution is 6.30. The van der Waals surface area contributed by atoms with Gasteiger partial charge in [-0.05, 0) is 80.3 Å². The van der Waals surface area contributed by atoms with Gasteiger partial charge in [0.25, 0.3) is 0 Å². The van der Waals surface area contributed by atoms with Crippen LogP contribution in [0.4, 0.5) is 4.79 Å². The van der Waals surface area contributed by atoms with Crippen molar-refractivity contribution < 1.29 is 9.90 Å². The lowest BCUT2D eigenvalue weighted by atomic mass is 9.69. The van der Waals surface area contributed by atoms with Gasteiger partial charge >= 0.3 is 6.03 Å². The van der Waals surface area contributed by atoms with Gasteiger partial charge in [0.1, 0.15) is 0 Å². The molecule has 1 saturated heterocycles. The van der Waals surface area contributed by atoms with E-state index in [1.807, 2.05) is 37.3 Å². The fourth-order valence-corrected chi connectivity index (χ4v) is 5.97. The number of amides is 2. The summed E-state index contributed by atoms with van der Waals surface area (Å²) in [5, 5.41) is 18.0. The molecule has 2 aliphatic rings. The zero-order chi connectivity index (χ0) is 27.0. The number of urea groups is 1. The number of likely N-dealkylation sites (tertiary alicyclic amines) is 1. The van der Waals surface area contributed by atoms with Crippen LogP contribution in [0.15, 0.2) is 78.4 Å².